The summed E-state index contributed by atoms with van der Waals surface area (Å²) in [6, 6.07) is 16.9. The Hall–Kier alpha value is -3.59. The maximum atomic E-state index is 11.9. The lowest BCUT2D eigenvalue weighted by Crippen LogP contribution is -2.28. The maximum absolute atomic E-state index is 11.9. The van der Waals surface area contributed by atoms with Crippen molar-refractivity contribution < 1.29 is 9.53 Å². The third kappa shape index (κ3) is 4.71. The van der Waals surface area contributed by atoms with Crippen LogP contribution in [0.3, 0.4) is 0 Å². The maximum Gasteiger partial charge on any atom is 0.258 e. The second-order valence-corrected chi connectivity index (χ2v) is 5.72. The zero-order valence-electron chi connectivity index (χ0n) is 14.1. The van der Waals surface area contributed by atoms with Gasteiger partial charge in [0.1, 0.15) is 11.8 Å². The number of hydrogen-bond donors (Lipinski definition) is 1. The van der Waals surface area contributed by atoms with Crippen molar-refractivity contribution in [2.75, 3.05) is 6.61 Å². The lowest BCUT2D eigenvalue weighted by Gasteiger charge is -2.09. The minimum Gasteiger partial charge on any atom is -0.482 e. The molecular formula is C20H18N4O2. The number of aromatic nitrogens is 2. The van der Waals surface area contributed by atoms with Crippen LogP contribution in [0.25, 0.3) is 0 Å². The zero-order chi connectivity index (χ0) is 18.2. The van der Waals surface area contributed by atoms with Gasteiger partial charge in [0.15, 0.2) is 6.61 Å². The fourth-order valence-corrected chi connectivity index (χ4v) is 2.43. The quantitative estimate of drug-likeness (QED) is 0.713. The number of hydrogen-bond acceptors (Lipinski definition) is 4. The molecule has 1 aromatic heterocycles. The summed E-state index contributed by atoms with van der Waals surface area (Å²) < 4.78 is 7.41. The van der Waals surface area contributed by atoms with Gasteiger partial charge in [0.05, 0.1) is 11.9 Å². The van der Waals surface area contributed by atoms with E-state index < -0.39 is 0 Å². The molecule has 1 amide bonds. The molecule has 0 spiro atoms. The summed E-state index contributed by atoms with van der Waals surface area (Å²) in [6.07, 6.45) is 5.44. The third-order valence-electron chi connectivity index (χ3n) is 3.80. The van der Waals surface area contributed by atoms with E-state index in [1.807, 2.05) is 41.1 Å². The minimum atomic E-state index is -0.236. The fraction of sp³-hybridized carbons (Fsp3) is 0.150. The van der Waals surface area contributed by atoms with Crippen molar-refractivity contribution >= 4 is 5.91 Å². The summed E-state index contributed by atoms with van der Waals surface area (Å²) in [5, 5.41) is 11.8. The highest BCUT2D eigenvalue weighted by molar-refractivity contribution is 5.77. The molecule has 3 aromatic rings. The molecule has 0 unspecified atom stereocenters. The summed E-state index contributed by atoms with van der Waals surface area (Å²) in [5.41, 5.74) is 2.58. The first-order valence-electron chi connectivity index (χ1n) is 8.17. The van der Waals surface area contributed by atoms with Gasteiger partial charge in [-0.2, -0.15) is 5.26 Å². The normalized spacial score (nSPS) is 10.1. The number of carbonyl (C=O) groups is 1. The van der Waals surface area contributed by atoms with E-state index in [4.69, 9.17) is 10.00 Å². The second-order valence-electron chi connectivity index (χ2n) is 5.72. The van der Waals surface area contributed by atoms with Crippen molar-refractivity contribution in [1.29, 1.82) is 5.26 Å². The number of imidazole rings is 1. The molecule has 3 rings (SSSR count). The van der Waals surface area contributed by atoms with Gasteiger partial charge in [0, 0.05) is 25.5 Å². The monoisotopic (exact) mass is 346 g/mol. The third-order valence-corrected chi connectivity index (χ3v) is 3.80. The van der Waals surface area contributed by atoms with Crippen LogP contribution in [0.4, 0.5) is 0 Å². The summed E-state index contributed by atoms with van der Waals surface area (Å²) in [5.74, 6) is 0.175. The largest absolute Gasteiger partial charge is 0.482 e. The Balaban J connectivity index is 1.46. The molecule has 0 saturated carbocycles. The molecule has 0 aliphatic heterocycles. The predicted octanol–water partition coefficient (Wildman–Crippen LogP) is 2.50. The van der Waals surface area contributed by atoms with Crippen LogP contribution in [-0.2, 0) is 17.9 Å². The molecule has 6 nitrogen and oxygen atoms in total. The van der Waals surface area contributed by atoms with E-state index in [-0.39, 0.29) is 12.5 Å². The Morgan fingerprint density at radius 3 is 2.65 bits per heavy atom. The first-order valence-corrected chi connectivity index (χ1v) is 8.17. The lowest BCUT2D eigenvalue weighted by atomic mass is 10.1. The Bertz CT molecular complexity index is 896. The topological polar surface area (TPSA) is 79.9 Å². The first-order chi connectivity index (χ1) is 12.7. The van der Waals surface area contributed by atoms with E-state index in [0.29, 0.717) is 17.9 Å². The predicted molar refractivity (Wildman–Crippen MR) is 96.3 cm³/mol. The van der Waals surface area contributed by atoms with Crippen LogP contribution < -0.4 is 10.1 Å². The van der Waals surface area contributed by atoms with Gasteiger partial charge in [-0.15, -0.1) is 0 Å². The number of nitriles is 1. The van der Waals surface area contributed by atoms with Crippen LogP contribution in [0.1, 0.15) is 16.7 Å². The first kappa shape index (κ1) is 17.2. The Morgan fingerprint density at radius 1 is 1.15 bits per heavy atom. The average molecular weight is 346 g/mol. The summed E-state index contributed by atoms with van der Waals surface area (Å²) >= 11 is 0. The molecule has 0 atom stereocenters. The molecule has 6 heteroatoms. The molecule has 1 heterocycles. The molecule has 1 N–H and O–H groups in total. The van der Waals surface area contributed by atoms with E-state index in [9.17, 15) is 4.79 Å². The van der Waals surface area contributed by atoms with Gasteiger partial charge < -0.3 is 14.6 Å². The van der Waals surface area contributed by atoms with Crippen LogP contribution in [0, 0.1) is 11.3 Å². The molecule has 26 heavy (non-hydrogen) atoms. The number of rotatable bonds is 7. The Morgan fingerprint density at radius 2 is 1.92 bits per heavy atom. The Kier molecular flexibility index (Phi) is 5.63. The van der Waals surface area contributed by atoms with Gasteiger partial charge in [0.2, 0.25) is 0 Å². The van der Waals surface area contributed by atoms with E-state index in [2.05, 4.69) is 10.3 Å². The lowest BCUT2D eigenvalue weighted by molar-refractivity contribution is -0.123. The van der Waals surface area contributed by atoms with E-state index >= 15 is 0 Å². The highest BCUT2D eigenvalue weighted by atomic mass is 16.5. The molecular weight excluding hydrogens is 328 g/mol. The van der Waals surface area contributed by atoms with Crippen LogP contribution in [0.2, 0.25) is 0 Å². The van der Waals surface area contributed by atoms with Crippen molar-refractivity contribution in [3.8, 4) is 11.8 Å². The molecule has 0 aliphatic carbocycles. The molecule has 0 bridgehead atoms. The SMILES string of the molecule is N#Cc1ccccc1OCC(=O)NCc1ccc(Cn2ccnc2)cc1. The highest BCUT2D eigenvalue weighted by Gasteiger charge is 2.06. The number of nitrogens with zero attached hydrogens (tertiary/aromatic N) is 3. The second kappa shape index (κ2) is 8.49. The van der Waals surface area contributed by atoms with E-state index in [1.54, 1.807) is 36.8 Å². The molecule has 0 saturated heterocycles. The van der Waals surface area contributed by atoms with Crippen LogP contribution in [0.5, 0.6) is 5.75 Å². The Labute approximate surface area is 151 Å². The van der Waals surface area contributed by atoms with Crippen LogP contribution in [0.15, 0.2) is 67.3 Å². The van der Waals surface area contributed by atoms with Gasteiger partial charge >= 0.3 is 0 Å². The highest BCUT2D eigenvalue weighted by Crippen LogP contribution is 2.16. The van der Waals surface area contributed by atoms with E-state index in [1.165, 1.54) is 0 Å². The number of carbonyl (C=O) groups excluding carboxylic acids is 1. The average Bonchev–Trinajstić information content (AvgIpc) is 3.19. The minimum absolute atomic E-state index is 0.128. The number of benzene rings is 2. The van der Waals surface area contributed by atoms with Crippen molar-refractivity contribution in [2.45, 2.75) is 13.1 Å². The summed E-state index contributed by atoms with van der Waals surface area (Å²) in [6.45, 7) is 1.06. The van der Waals surface area contributed by atoms with Crippen molar-refractivity contribution in [3.63, 3.8) is 0 Å². The number of ether oxygens (including phenoxy) is 1. The summed E-state index contributed by atoms with van der Waals surface area (Å²) in [4.78, 5) is 16.0. The van der Waals surface area contributed by atoms with Crippen LogP contribution in [-0.4, -0.2) is 22.1 Å². The number of nitrogens with one attached hydrogen (secondary N) is 1. The molecule has 0 fully saturated rings. The molecule has 0 radical (unpaired) electrons. The number of para-hydroxylation sites is 1. The van der Waals surface area contributed by atoms with Gasteiger partial charge in [-0.05, 0) is 23.3 Å². The van der Waals surface area contributed by atoms with Crippen molar-refractivity contribution in [1.82, 2.24) is 14.9 Å². The van der Waals surface area contributed by atoms with Crippen molar-refractivity contribution in [3.05, 3.63) is 83.9 Å². The van der Waals surface area contributed by atoms with Gasteiger partial charge in [-0.1, -0.05) is 36.4 Å². The standard InChI is InChI=1S/C20H18N4O2/c21-11-18-3-1-2-4-19(18)26-14-20(25)23-12-16-5-7-17(8-6-16)13-24-10-9-22-15-24/h1-10,15H,12-14H2,(H,23,25). The summed E-state index contributed by atoms with van der Waals surface area (Å²) in [7, 11) is 0. The smallest absolute Gasteiger partial charge is 0.258 e. The van der Waals surface area contributed by atoms with E-state index in [0.717, 1.165) is 17.7 Å². The van der Waals surface area contributed by atoms with Crippen molar-refractivity contribution in [2.24, 2.45) is 0 Å². The molecule has 0 aliphatic rings. The van der Waals surface area contributed by atoms with Gasteiger partial charge in [-0.3, -0.25) is 4.79 Å². The van der Waals surface area contributed by atoms with Gasteiger partial charge in [0.25, 0.3) is 5.91 Å². The molecule has 2 aromatic carbocycles. The zero-order valence-corrected chi connectivity index (χ0v) is 14.1. The molecule has 130 valence electrons. The number of amides is 1. The van der Waals surface area contributed by atoms with Crippen LogP contribution >= 0.6 is 0 Å². The fourth-order valence-electron chi connectivity index (χ4n) is 2.43. The van der Waals surface area contributed by atoms with Gasteiger partial charge in [-0.25, -0.2) is 4.98 Å².